The van der Waals surface area contributed by atoms with Crippen LogP contribution in [0.25, 0.3) is 5.65 Å². The van der Waals surface area contributed by atoms with Crippen molar-refractivity contribution in [3.05, 3.63) is 23.4 Å². The maximum Gasteiger partial charge on any atom is 0.175 e. The molecule has 0 aliphatic heterocycles. The molecule has 0 aliphatic rings. The second-order valence-corrected chi connectivity index (χ2v) is 4.77. The van der Waals surface area contributed by atoms with Crippen molar-refractivity contribution in [2.24, 2.45) is 0 Å². The maximum absolute atomic E-state index is 4.48. The summed E-state index contributed by atoms with van der Waals surface area (Å²) in [5.41, 5.74) is 3.06. The van der Waals surface area contributed by atoms with Crippen molar-refractivity contribution in [2.45, 2.75) is 46.5 Å². The van der Waals surface area contributed by atoms with E-state index in [1.54, 1.807) is 0 Å². The standard InChI is InChI=1S/C12H18N4/c1-7(2)10-6-13-12-11(8(3)4)14-9(5)15-16(10)12/h6-8H,1-5H3. The molecule has 2 aromatic heterocycles. The minimum absolute atomic E-state index is 0.367. The van der Waals surface area contributed by atoms with Crippen LogP contribution in [-0.4, -0.2) is 19.6 Å². The fraction of sp³-hybridized carbons (Fsp3) is 0.583. The molecule has 0 N–H and O–H groups in total. The maximum atomic E-state index is 4.48. The van der Waals surface area contributed by atoms with E-state index in [0.29, 0.717) is 11.8 Å². The number of aromatic nitrogens is 4. The lowest BCUT2D eigenvalue weighted by Gasteiger charge is -2.09. The zero-order valence-electron chi connectivity index (χ0n) is 10.5. The predicted octanol–water partition coefficient (Wildman–Crippen LogP) is 2.68. The van der Waals surface area contributed by atoms with Crippen LogP contribution in [0.4, 0.5) is 0 Å². The summed E-state index contributed by atoms with van der Waals surface area (Å²) in [6.07, 6.45) is 1.90. The summed E-state index contributed by atoms with van der Waals surface area (Å²) < 4.78 is 1.93. The summed E-state index contributed by atoms with van der Waals surface area (Å²) in [5.74, 6) is 1.59. The molecule has 2 aromatic rings. The van der Waals surface area contributed by atoms with E-state index in [9.17, 15) is 0 Å². The Balaban J connectivity index is 2.75. The van der Waals surface area contributed by atoms with Crippen LogP contribution in [0.2, 0.25) is 0 Å². The Morgan fingerprint density at radius 1 is 1.12 bits per heavy atom. The SMILES string of the molecule is Cc1nc(C(C)C)c2ncc(C(C)C)n2n1. The first-order chi connectivity index (χ1) is 7.50. The van der Waals surface area contributed by atoms with Gasteiger partial charge in [0.2, 0.25) is 0 Å². The number of aryl methyl sites for hydroxylation is 1. The lowest BCUT2D eigenvalue weighted by atomic mass is 10.1. The van der Waals surface area contributed by atoms with E-state index in [-0.39, 0.29) is 0 Å². The van der Waals surface area contributed by atoms with Crippen LogP contribution in [-0.2, 0) is 0 Å². The van der Waals surface area contributed by atoms with Crippen LogP contribution in [0.5, 0.6) is 0 Å². The molecule has 0 aromatic carbocycles. The second-order valence-electron chi connectivity index (χ2n) is 4.77. The highest BCUT2D eigenvalue weighted by Crippen LogP contribution is 2.21. The molecular formula is C12H18N4. The molecular weight excluding hydrogens is 200 g/mol. The molecule has 2 rings (SSSR count). The second kappa shape index (κ2) is 3.85. The number of imidazole rings is 1. The van der Waals surface area contributed by atoms with E-state index < -0.39 is 0 Å². The van der Waals surface area contributed by atoms with Gasteiger partial charge >= 0.3 is 0 Å². The van der Waals surface area contributed by atoms with Gasteiger partial charge in [0.25, 0.3) is 0 Å². The highest BCUT2D eigenvalue weighted by atomic mass is 15.3. The molecule has 86 valence electrons. The van der Waals surface area contributed by atoms with E-state index in [0.717, 1.165) is 22.9 Å². The molecule has 0 saturated carbocycles. The number of nitrogens with zero attached hydrogens (tertiary/aromatic N) is 4. The Labute approximate surface area is 95.7 Å². The van der Waals surface area contributed by atoms with Crippen LogP contribution in [0.15, 0.2) is 6.20 Å². The highest BCUT2D eigenvalue weighted by Gasteiger charge is 2.15. The topological polar surface area (TPSA) is 43.1 Å². The molecule has 0 unspecified atom stereocenters. The monoisotopic (exact) mass is 218 g/mol. The smallest absolute Gasteiger partial charge is 0.175 e. The molecule has 0 saturated heterocycles. The predicted molar refractivity (Wildman–Crippen MR) is 63.7 cm³/mol. The molecule has 0 fully saturated rings. The van der Waals surface area contributed by atoms with E-state index in [1.165, 1.54) is 0 Å². The summed E-state index contributed by atoms with van der Waals surface area (Å²) in [6, 6.07) is 0. The number of hydrogen-bond acceptors (Lipinski definition) is 3. The average molecular weight is 218 g/mol. The first-order valence-corrected chi connectivity index (χ1v) is 5.73. The molecule has 0 aliphatic carbocycles. The van der Waals surface area contributed by atoms with E-state index in [4.69, 9.17) is 0 Å². The van der Waals surface area contributed by atoms with Crippen molar-refractivity contribution in [1.29, 1.82) is 0 Å². The molecule has 0 amide bonds. The van der Waals surface area contributed by atoms with Gasteiger partial charge in [-0.1, -0.05) is 27.7 Å². The molecule has 2 heterocycles. The molecule has 0 radical (unpaired) electrons. The zero-order valence-corrected chi connectivity index (χ0v) is 10.5. The first-order valence-electron chi connectivity index (χ1n) is 5.73. The molecule has 4 heteroatoms. The third-order valence-electron chi connectivity index (χ3n) is 2.66. The van der Waals surface area contributed by atoms with Gasteiger partial charge < -0.3 is 0 Å². The quantitative estimate of drug-likeness (QED) is 0.778. The molecule has 0 spiro atoms. The normalized spacial score (nSPS) is 11.9. The van der Waals surface area contributed by atoms with Crippen molar-refractivity contribution in [1.82, 2.24) is 19.6 Å². The van der Waals surface area contributed by atoms with Gasteiger partial charge in [-0.05, 0) is 18.8 Å². The summed E-state index contributed by atoms with van der Waals surface area (Å²) in [5, 5.41) is 4.44. The summed E-state index contributed by atoms with van der Waals surface area (Å²) in [6.45, 7) is 10.5. The Hall–Kier alpha value is -1.45. The highest BCUT2D eigenvalue weighted by molar-refractivity contribution is 5.46. The van der Waals surface area contributed by atoms with Crippen molar-refractivity contribution >= 4 is 5.65 Å². The fourth-order valence-corrected chi connectivity index (χ4v) is 1.81. The zero-order chi connectivity index (χ0) is 11.9. The van der Waals surface area contributed by atoms with Crippen molar-refractivity contribution in [2.75, 3.05) is 0 Å². The van der Waals surface area contributed by atoms with Crippen LogP contribution in [0.3, 0.4) is 0 Å². The van der Waals surface area contributed by atoms with Gasteiger partial charge in [-0.25, -0.2) is 14.5 Å². The van der Waals surface area contributed by atoms with Crippen LogP contribution in [0, 0.1) is 6.92 Å². The van der Waals surface area contributed by atoms with Crippen LogP contribution < -0.4 is 0 Å². The van der Waals surface area contributed by atoms with E-state index in [2.05, 4.69) is 42.8 Å². The van der Waals surface area contributed by atoms with Gasteiger partial charge in [0.1, 0.15) is 5.82 Å². The summed E-state index contributed by atoms with van der Waals surface area (Å²) in [7, 11) is 0. The Morgan fingerprint density at radius 3 is 2.38 bits per heavy atom. The van der Waals surface area contributed by atoms with E-state index >= 15 is 0 Å². The van der Waals surface area contributed by atoms with E-state index in [1.807, 2.05) is 17.6 Å². The Bertz CT molecular complexity index is 511. The van der Waals surface area contributed by atoms with Crippen molar-refractivity contribution in [3.63, 3.8) is 0 Å². The third-order valence-corrected chi connectivity index (χ3v) is 2.66. The van der Waals surface area contributed by atoms with Crippen LogP contribution in [0.1, 0.15) is 56.7 Å². The molecule has 4 nitrogen and oxygen atoms in total. The summed E-state index contributed by atoms with van der Waals surface area (Å²) >= 11 is 0. The Kier molecular flexibility index (Phi) is 2.66. The largest absolute Gasteiger partial charge is 0.234 e. The minimum atomic E-state index is 0.367. The van der Waals surface area contributed by atoms with Gasteiger partial charge in [0.05, 0.1) is 17.6 Å². The van der Waals surface area contributed by atoms with Crippen LogP contribution >= 0.6 is 0 Å². The third kappa shape index (κ3) is 1.68. The van der Waals surface area contributed by atoms with Gasteiger partial charge in [-0.2, -0.15) is 5.10 Å². The molecule has 0 bridgehead atoms. The van der Waals surface area contributed by atoms with Gasteiger partial charge in [0.15, 0.2) is 5.65 Å². The fourth-order valence-electron chi connectivity index (χ4n) is 1.81. The van der Waals surface area contributed by atoms with Crippen molar-refractivity contribution in [3.8, 4) is 0 Å². The van der Waals surface area contributed by atoms with Gasteiger partial charge in [0, 0.05) is 0 Å². The molecule has 16 heavy (non-hydrogen) atoms. The summed E-state index contributed by atoms with van der Waals surface area (Å²) in [4.78, 5) is 8.92. The van der Waals surface area contributed by atoms with Crippen molar-refractivity contribution < 1.29 is 0 Å². The first kappa shape index (κ1) is 11.0. The lowest BCUT2D eigenvalue weighted by molar-refractivity contribution is 0.711. The number of hydrogen-bond donors (Lipinski definition) is 0. The number of fused-ring (bicyclic) bond motifs is 1. The average Bonchev–Trinajstić information content (AvgIpc) is 2.59. The van der Waals surface area contributed by atoms with Gasteiger partial charge in [-0.15, -0.1) is 0 Å². The number of rotatable bonds is 2. The Morgan fingerprint density at radius 2 is 1.81 bits per heavy atom. The minimum Gasteiger partial charge on any atom is -0.234 e. The lowest BCUT2D eigenvalue weighted by Crippen LogP contribution is -2.07. The molecule has 0 atom stereocenters. The van der Waals surface area contributed by atoms with Gasteiger partial charge in [-0.3, -0.25) is 0 Å².